The van der Waals surface area contributed by atoms with E-state index in [1.165, 1.54) is 5.56 Å². The van der Waals surface area contributed by atoms with Gasteiger partial charge in [0.1, 0.15) is 5.69 Å². The summed E-state index contributed by atoms with van der Waals surface area (Å²) in [5.74, 6) is 0.730. The van der Waals surface area contributed by atoms with Gasteiger partial charge in [-0.25, -0.2) is 4.98 Å². The molecule has 8 heteroatoms. The molecule has 0 atom stereocenters. The lowest BCUT2D eigenvalue weighted by Crippen LogP contribution is -1.84. The molecule has 0 bridgehead atoms. The Morgan fingerprint density at radius 3 is 2.86 bits per heavy atom. The molecule has 134 valence electrons. The van der Waals surface area contributed by atoms with Crippen LogP contribution in [0, 0.1) is 0 Å². The Kier molecular flexibility index (Phi) is 3.20. The van der Waals surface area contributed by atoms with Crippen molar-refractivity contribution in [2.75, 3.05) is 0 Å². The van der Waals surface area contributed by atoms with Gasteiger partial charge in [-0.05, 0) is 34.5 Å². The molecule has 0 saturated heterocycles. The second-order valence-corrected chi connectivity index (χ2v) is 7.25. The number of para-hydroxylation sites is 1. The Hall–Kier alpha value is -3.78. The molecule has 5 heterocycles. The van der Waals surface area contributed by atoms with Crippen LogP contribution in [-0.4, -0.2) is 35.3 Å². The third-order valence-corrected chi connectivity index (χ3v) is 5.49. The quantitative estimate of drug-likeness (QED) is 0.415. The molecule has 5 aromatic heterocycles. The Morgan fingerprint density at radius 1 is 1.00 bits per heavy atom. The topological polar surface area (TPSA) is 98.9 Å². The van der Waals surface area contributed by atoms with E-state index in [4.69, 9.17) is 4.98 Å². The number of hydrogen-bond acceptors (Lipinski definition) is 5. The van der Waals surface area contributed by atoms with E-state index in [2.05, 4.69) is 53.3 Å². The second kappa shape index (κ2) is 5.86. The van der Waals surface area contributed by atoms with E-state index in [-0.39, 0.29) is 0 Å². The van der Waals surface area contributed by atoms with Crippen molar-refractivity contribution in [3.8, 4) is 33.9 Å². The minimum Gasteiger partial charge on any atom is -0.337 e. The summed E-state index contributed by atoms with van der Waals surface area (Å²) in [5.41, 5.74) is 7.61. The number of nitrogens with zero attached hydrogens (tertiary/aromatic N) is 4. The highest BCUT2D eigenvalue weighted by Crippen LogP contribution is 2.33. The van der Waals surface area contributed by atoms with Gasteiger partial charge >= 0.3 is 0 Å². The van der Waals surface area contributed by atoms with Crippen LogP contribution in [0.5, 0.6) is 0 Å². The molecule has 0 unspecified atom stereocenters. The monoisotopic (exact) mass is 383 g/mol. The SMILES string of the molecule is c1cc(-c2ccsc2)c2nc(-c3n[nH]c4cnc(-c5cn[nH]c5)cc34)[nH]c2c1. The number of imidazole rings is 1. The molecule has 0 aliphatic heterocycles. The van der Waals surface area contributed by atoms with E-state index in [1.807, 2.05) is 24.4 Å². The average molecular weight is 383 g/mol. The third-order valence-electron chi connectivity index (χ3n) is 4.81. The first kappa shape index (κ1) is 15.3. The van der Waals surface area contributed by atoms with E-state index in [1.54, 1.807) is 23.7 Å². The molecule has 1 aromatic carbocycles. The highest BCUT2D eigenvalue weighted by atomic mass is 32.1. The van der Waals surface area contributed by atoms with Gasteiger partial charge in [0.2, 0.25) is 0 Å². The lowest BCUT2D eigenvalue weighted by Gasteiger charge is -1.98. The molecule has 6 aromatic rings. The normalized spacial score (nSPS) is 11.6. The van der Waals surface area contributed by atoms with E-state index in [0.717, 1.165) is 50.3 Å². The summed E-state index contributed by atoms with van der Waals surface area (Å²) in [6.45, 7) is 0. The molecule has 6 rings (SSSR count). The summed E-state index contributed by atoms with van der Waals surface area (Å²) in [5, 5.41) is 19.5. The Labute approximate surface area is 162 Å². The van der Waals surface area contributed by atoms with E-state index in [9.17, 15) is 0 Å². The molecule has 7 nitrogen and oxygen atoms in total. The molecule has 3 N–H and O–H groups in total. The zero-order valence-electron chi connectivity index (χ0n) is 14.5. The van der Waals surface area contributed by atoms with Crippen molar-refractivity contribution in [2.45, 2.75) is 0 Å². The van der Waals surface area contributed by atoms with Crippen LogP contribution in [0.4, 0.5) is 0 Å². The van der Waals surface area contributed by atoms with E-state index >= 15 is 0 Å². The zero-order chi connectivity index (χ0) is 18.5. The molecule has 0 radical (unpaired) electrons. The minimum absolute atomic E-state index is 0.730. The van der Waals surface area contributed by atoms with Crippen LogP contribution in [0.2, 0.25) is 0 Å². The van der Waals surface area contributed by atoms with Gasteiger partial charge in [0, 0.05) is 22.7 Å². The predicted octanol–water partition coefficient (Wildman–Crippen LogP) is 4.62. The van der Waals surface area contributed by atoms with Crippen molar-refractivity contribution in [3.05, 3.63) is 59.7 Å². The summed E-state index contributed by atoms with van der Waals surface area (Å²) >= 11 is 1.68. The third kappa shape index (κ3) is 2.28. The molecule has 0 aliphatic rings. The molecular formula is C20H13N7S. The van der Waals surface area contributed by atoms with Gasteiger partial charge < -0.3 is 4.98 Å². The van der Waals surface area contributed by atoms with Crippen LogP contribution in [0.25, 0.3) is 55.8 Å². The molecular weight excluding hydrogens is 370 g/mol. The number of aromatic nitrogens is 7. The number of H-pyrrole nitrogens is 3. The lowest BCUT2D eigenvalue weighted by molar-refractivity contribution is 1.09. The number of rotatable bonds is 3. The van der Waals surface area contributed by atoms with Crippen LogP contribution in [0.15, 0.2) is 59.7 Å². The van der Waals surface area contributed by atoms with Gasteiger partial charge in [-0.2, -0.15) is 21.5 Å². The first-order valence-corrected chi connectivity index (χ1v) is 9.66. The summed E-state index contributed by atoms with van der Waals surface area (Å²) in [4.78, 5) is 12.8. The van der Waals surface area contributed by atoms with Crippen LogP contribution >= 0.6 is 11.3 Å². The molecule has 0 aliphatic carbocycles. The van der Waals surface area contributed by atoms with Gasteiger partial charge in [-0.3, -0.25) is 15.2 Å². The first-order chi connectivity index (χ1) is 13.9. The Morgan fingerprint density at radius 2 is 2.00 bits per heavy atom. The lowest BCUT2D eigenvalue weighted by atomic mass is 10.1. The number of nitrogens with one attached hydrogen (secondary N) is 3. The smallest absolute Gasteiger partial charge is 0.159 e. The van der Waals surface area contributed by atoms with Gasteiger partial charge in [-0.15, -0.1) is 0 Å². The fourth-order valence-electron chi connectivity index (χ4n) is 3.44. The zero-order valence-corrected chi connectivity index (χ0v) is 15.3. The number of fused-ring (bicyclic) bond motifs is 2. The summed E-state index contributed by atoms with van der Waals surface area (Å²) in [6, 6.07) is 10.3. The molecule has 0 saturated carbocycles. The van der Waals surface area contributed by atoms with Gasteiger partial charge in [0.25, 0.3) is 0 Å². The van der Waals surface area contributed by atoms with Crippen LogP contribution < -0.4 is 0 Å². The predicted molar refractivity (Wildman–Crippen MR) is 110 cm³/mol. The highest BCUT2D eigenvalue weighted by Gasteiger charge is 2.16. The number of benzene rings is 1. The maximum absolute atomic E-state index is 4.88. The number of thiophene rings is 1. The Balaban J connectivity index is 1.55. The van der Waals surface area contributed by atoms with Crippen molar-refractivity contribution < 1.29 is 0 Å². The van der Waals surface area contributed by atoms with Gasteiger partial charge in [-0.1, -0.05) is 12.1 Å². The van der Waals surface area contributed by atoms with Crippen molar-refractivity contribution in [1.29, 1.82) is 0 Å². The van der Waals surface area contributed by atoms with Crippen LogP contribution in [0.3, 0.4) is 0 Å². The molecule has 0 fully saturated rings. The van der Waals surface area contributed by atoms with Crippen molar-refractivity contribution in [3.63, 3.8) is 0 Å². The standard InChI is InChI=1S/C20H13N7S/c1-2-13(11-4-5-28-10-11)18-15(3-1)24-20(25-18)19-14-6-16(12-7-22-23-8-12)21-9-17(14)26-27-19/h1-10H,(H,22,23)(H,24,25)(H,26,27). The Bertz CT molecular complexity index is 1410. The van der Waals surface area contributed by atoms with E-state index < -0.39 is 0 Å². The first-order valence-electron chi connectivity index (χ1n) is 8.72. The second-order valence-electron chi connectivity index (χ2n) is 6.47. The largest absolute Gasteiger partial charge is 0.337 e. The highest BCUT2D eigenvalue weighted by molar-refractivity contribution is 7.08. The maximum Gasteiger partial charge on any atom is 0.159 e. The molecule has 28 heavy (non-hydrogen) atoms. The fraction of sp³-hybridized carbons (Fsp3) is 0. The summed E-state index contributed by atoms with van der Waals surface area (Å²) in [7, 11) is 0. The van der Waals surface area contributed by atoms with Crippen molar-refractivity contribution in [1.82, 2.24) is 35.3 Å². The minimum atomic E-state index is 0.730. The van der Waals surface area contributed by atoms with Crippen LogP contribution in [-0.2, 0) is 0 Å². The molecule has 0 spiro atoms. The fourth-order valence-corrected chi connectivity index (χ4v) is 4.10. The summed E-state index contributed by atoms with van der Waals surface area (Å²) < 4.78 is 0. The van der Waals surface area contributed by atoms with E-state index in [0.29, 0.717) is 0 Å². The number of pyridine rings is 1. The van der Waals surface area contributed by atoms with Gasteiger partial charge in [0.15, 0.2) is 5.82 Å². The number of hydrogen-bond donors (Lipinski definition) is 3. The average Bonchev–Trinajstić information content (AvgIpc) is 3.53. The van der Waals surface area contributed by atoms with Crippen molar-refractivity contribution in [2.24, 2.45) is 0 Å². The molecule has 0 amide bonds. The van der Waals surface area contributed by atoms with Crippen LogP contribution in [0.1, 0.15) is 0 Å². The number of aromatic amines is 3. The van der Waals surface area contributed by atoms with Gasteiger partial charge in [0.05, 0.1) is 34.6 Å². The van der Waals surface area contributed by atoms with Crippen molar-refractivity contribution >= 4 is 33.3 Å². The maximum atomic E-state index is 4.88. The summed E-state index contributed by atoms with van der Waals surface area (Å²) in [6.07, 6.45) is 5.36.